The average molecular weight is 383 g/mol. The molecule has 2 aromatic rings. The number of ether oxygens (including phenoxy) is 2. The fourth-order valence-electron chi connectivity index (χ4n) is 2.80. The number of benzene rings is 2. The summed E-state index contributed by atoms with van der Waals surface area (Å²) in [5.41, 5.74) is 1.32. The minimum absolute atomic E-state index is 0.0661. The largest absolute Gasteiger partial charge is 0.481 e. The summed E-state index contributed by atoms with van der Waals surface area (Å²) in [6, 6.07) is 16.2. The van der Waals surface area contributed by atoms with Crippen LogP contribution in [0, 0.1) is 0 Å². The van der Waals surface area contributed by atoms with Crippen LogP contribution in [0.15, 0.2) is 54.6 Å². The lowest BCUT2D eigenvalue weighted by atomic mass is 10.2. The number of nitrogens with zero attached hydrogens (tertiary/aromatic N) is 1. The molecule has 1 saturated heterocycles. The van der Waals surface area contributed by atoms with Gasteiger partial charge in [0.2, 0.25) is 5.91 Å². The molecule has 7 nitrogen and oxygen atoms in total. The normalized spacial score (nSPS) is 15.5. The molecular weight excluding hydrogens is 358 g/mol. The Kier molecular flexibility index (Phi) is 7.00. The van der Waals surface area contributed by atoms with Crippen molar-refractivity contribution in [2.75, 3.05) is 43.5 Å². The van der Waals surface area contributed by atoms with Gasteiger partial charge in [0.1, 0.15) is 5.75 Å². The van der Waals surface area contributed by atoms with Gasteiger partial charge in [0, 0.05) is 24.5 Å². The van der Waals surface area contributed by atoms with Crippen molar-refractivity contribution in [1.82, 2.24) is 4.90 Å². The molecule has 0 spiro atoms. The predicted molar refractivity (Wildman–Crippen MR) is 107 cm³/mol. The van der Waals surface area contributed by atoms with Gasteiger partial charge in [-0.1, -0.05) is 18.2 Å². The third kappa shape index (κ3) is 6.07. The molecule has 148 valence electrons. The number of hydrogen-bond acceptors (Lipinski definition) is 5. The standard InChI is InChI=1S/C21H25N3O4/c1-16(28-19-5-3-2-4-6-19)21(26)23-18-9-7-17(8-10-18)22-20(25)15-24-11-13-27-14-12-24/h2-10,16H,11-15H2,1H3,(H,22,25)(H,23,26)/t16-/m1/s1. The highest BCUT2D eigenvalue weighted by Gasteiger charge is 2.16. The highest BCUT2D eigenvalue weighted by Crippen LogP contribution is 2.16. The van der Waals surface area contributed by atoms with E-state index in [1.54, 1.807) is 43.3 Å². The van der Waals surface area contributed by atoms with E-state index in [2.05, 4.69) is 15.5 Å². The molecule has 0 aliphatic carbocycles. The molecule has 3 rings (SSSR count). The van der Waals surface area contributed by atoms with E-state index in [1.807, 2.05) is 18.2 Å². The molecule has 7 heteroatoms. The van der Waals surface area contributed by atoms with Crippen LogP contribution in [0.2, 0.25) is 0 Å². The van der Waals surface area contributed by atoms with Crippen molar-refractivity contribution in [1.29, 1.82) is 0 Å². The van der Waals surface area contributed by atoms with Crippen molar-refractivity contribution >= 4 is 23.2 Å². The SMILES string of the molecule is C[C@@H](Oc1ccccc1)C(=O)Nc1ccc(NC(=O)CN2CCOCC2)cc1. The van der Waals surface area contributed by atoms with E-state index in [1.165, 1.54) is 0 Å². The topological polar surface area (TPSA) is 79.9 Å². The van der Waals surface area contributed by atoms with E-state index < -0.39 is 6.10 Å². The van der Waals surface area contributed by atoms with Gasteiger partial charge in [-0.25, -0.2) is 0 Å². The number of morpholine rings is 1. The zero-order chi connectivity index (χ0) is 19.8. The summed E-state index contributed by atoms with van der Waals surface area (Å²) in [6.07, 6.45) is -0.629. The number of anilines is 2. The van der Waals surface area contributed by atoms with Crippen LogP contribution in [0.1, 0.15) is 6.92 Å². The Bertz CT molecular complexity index is 774. The summed E-state index contributed by atoms with van der Waals surface area (Å²) < 4.78 is 10.9. The van der Waals surface area contributed by atoms with E-state index in [-0.39, 0.29) is 11.8 Å². The van der Waals surface area contributed by atoms with Crippen LogP contribution in [0.25, 0.3) is 0 Å². The first-order valence-electron chi connectivity index (χ1n) is 9.33. The fourth-order valence-corrected chi connectivity index (χ4v) is 2.80. The molecule has 1 aliphatic heterocycles. The van der Waals surface area contributed by atoms with Crippen molar-refractivity contribution in [3.05, 3.63) is 54.6 Å². The highest BCUT2D eigenvalue weighted by molar-refractivity contribution is 5.95. The van der Waals surface area contributed by atoms with Gasteiger partial charge in [-0.2, -0.15) is 0 Å². The molecule has 0 bridgehead atoms. The minimum Gasteiger partial charge on any atom is -0.481 e. The lowest BCUT2D eigenvalue weighted by Gasteiger charge is -2.25. The van der Waals surface area contributed by atoms with Crippen LogP contribution in [0.4, 0.5) is 11.4 Å². The Morgan fingerprint density at radius 3 is 2.25 bits per heavy atom. The summed E-state index contributed by atoms with van der Waals surface area (Å²) in [5, 5.41) is 5.68. The van der Waals surface area contributed by atoms with Gasteiger partial charge >= 0.3 is 0 Å². The predicted octanol–water partition coefficient (Wildman–Crippen LogP) is 2.36. The molecule has 0 aromatic heterocycles. The monoisotopic (exact) mass is 383 g/mol. The molecule has 1 aliphatic rings. The average Bonchev–Trinajstić information content (AvgIpc) is 2.71. The zero-order valence-electron chi connectivity index (χ0n) is 15.9. The zero-order valence-corrected chi connectivity index (χ0v) is 15.9. The number of nitrogens with one attached hydrogen (secondary N) is 2. The Morgan fingerprint density at radius 2 is 1.61 bits per heavy atom. The molecular formula is C21H25N3O4. The van der Waals surface area contributed by atoms with Gasteiger partial charge in [-0.15, -0.1) is 0 Å². The number of para-hydroxylation sites is 1. The lowest BCUT2D eigenvalue weighted by molar-refractivity contribution is -0.122. The fraction of sp³-hybridized carbons (Fsp3) is 0.333. The van der Waals surface area contributed by atoms with E-state index in [0.29, 0.717) is 36.9 Å². The second-order valence-electron chi connectivity index (χ2n) is 6.58. The van der Waals surface area contributed by atoms with Crippen molar-refractivity contribution in [2.24, 2.45) is 0 Å². The van der Waals surface area contributed by atoms with E-state index in [9.17, 15) is 9.59 Å². The van der Waals surface area contributed by atoms with E-state index >= 15 is 0 Å². The second-order valence-corrected chi connectivity index (χ2v) is 6.58. The van der Waals surface area contributed by atoms with E-state index in [4.69, 9.17) is 9.47 Å². The summed E-state index contributed by atoms with van der Waals surface area (Å²) >= 11 is 0. The van der Waals surface area contributed by atoms with Crippen LogP contribution in [-0.4, -0.2) is 55.7 Å². The molecule has 2 N–H and O–H groups in total. The lowest BCUT2D eigenvalue weighted by Crippen LogP contribution is -2.41. The minimum atomic E-state index is -0.629. The molecule has 28 heavy (non-hydrogen) atoms. The molecule has 0 radical (unpaired) electrons. The molecule has 2 amide bonds. The number of carbonyl (C=O) groups is 2. The van der Waals surface area contributed by atoms with Gasteiger partial charge in [-0.3, -0.25) is 14.5 Å². The molecule has 0 unspecified atom stereocenters. The van der Waals surface area contributed by atoms with Crippen LogP contribution in [0.5, 0.6) is 5.75 Å². The van der Waals surface area contributed by atoms with Crippen molar-refractivity contribution in [3.8, 4) is 5.75 Å². The van der Waals surface area contributed by atoms with Crippen LogP contribution < -0.4 is 15.4 Å². The van der Waals surface area contributed by atoms with Crippen LogP contribution in [0.3, 0.4) is 0 Å². The van der Waals surface area contributed by atoms with Gasteiger partial charge in [-0.05, 0) is 43.3 Å². The number of hydrogen-bond donors (Lipinski definition) is 2. The maximum atomic E-state index is 12.3. The Morgan fingerprint density at radius 1 is 1.00 bits per heavy atom. The number of carbonyl (C=O) groups excluding carboxylic acids is 2. The van der Waals surface area contributed by atoms with Crippen molar-refractivity contribution in [2.45, 2.75) is 13.0 Å². The van der Waals surface area contributed by atoms with Crippen LogP contribution >= 0.6 is 0 Å². The first-order chi connectivity index (χ1) is 13.6. The summed E-state index contributed by atoms with van der Waals surface area (Å²) in [5.74, 6) is 0.333. The molecule has 1 atom stereocenters. The number of amides is 2. The molecule has 0 saturated carbocycles. The second kappa shape index (κ2) is 9.87. The highest BCUT2D eigenvalue weighted by atomic mass is 16.5. The molecule has 2 aromatic carbocycles. The third-order valence-corrected chi connectivity index (χ3v) is 4.33. The van der Waals surface area contributed by atoms with Crippen molar-refractivity contribution in [3.63, 3.8) is 0 Å². The quantitative estimate of drug-likeness (QED) is 0.767. The smallest absolute Gasteiger partial charge is 0.265 e. The van der Waals surface area contributed by atoms with Gasteiger partial charge in [0.05, 0.1) is 19.8 Å². The van der Waals surface area contributed by atoms with Crippen LogP contribution in [-0.2, 0) is 14.3 Å². The molecule has 1 fully saturated rings. The third-order valence-electron chi connectivity index (χ3n) is 4.33. The maximum absolute atomic E-state index is 12.3. The first kappa shape index (κ1) is 19.9. The summed E-state index contributed by atoms with van der Waals surface area (Å²) in [7, 11) is 0. The van der Waals surface area contributed by atoms with Crippen molar-refractivity contribution < 1.29 is 19.1 Å². The first-order valence-corrected chi connectivity index (χ1v) is 9.33. The molecule has 1 heterocycles. The van der Waals surface area contributed by atoms with E-state index in [0.717, 1.165) is 13.1 Å². The number of rotatable bonds is 7. The Labute approximate surface area is 164 Å². The van der Waals surface area contributed by atoms with Gasteiger partial charge in [0.15, 0.2) is 6.10 Å². The maximum Gasteiger partial charge on any atom is 0.265 e. The summed E-state index contributed by atoms with van der Waals surface area (Å²) in [6.45, 7) is 4.89. The Hall–Kier alpha value is -2.90. The van der Waals surface area contributed by atoms with Gasteiger partial charge < -0.3 is 20.1 Å². The summed E-state index contributed by atoms with van der Waals surface area (Å²) in [4.78, 5) is 26.5. The Balaban J connectivity index is 1.46. The van der Waals surface area contributed by atoms with Gasteiger partial charge in [0.25, 0.3) is 5.91 Å².